The summed E-state index contributed by atoms with van der Waals surface area (Å²) < 4.78 is 0. The molecule has 0 aliphatic heterocycles. The molecule has 11 heteroatoms. The molecule has 0 unspecified atom stereocenters. The van der Waals surface area contributed by atoms with E-state index in [1.54, 1.807) is 0 Å². The zero-order valence-corrected chi connectivity index (χ0v) is 20.3. The summed E-state index contributed by atoms with van der Waals surface area (Å²) in [6, 6.07) is 0. The van der Waals surface area contributed by atoms with Crippen LogP contribution in [0.15, 0.2) is 5.11 Å². The number of nitrogens with zero attached hydrogens (tertiary/aromatic N) is 3. The molecule has 0 saturated carbocycles. The predicted octanol–water partition coefficient (Wildman–Crippen LogP) is 4.92. The summed E-state index contributed by atoms with van der Waals surface area (Å²) in [5.41, 5.74) is 11.8. The van der Waals surface area contributed by atoms with Crippen LogP contribution in [0.4, 0.5) is 0 Å². The summed E-state index contributed by atoms with van der Waals surface area (Å²) in [5.74, 6) is 0. The number of halogens is 5. The van der Waals surface area contributed by atoms with Crippen molar-refractivity contribution in [1.82, 2.24) is 0 Å². The molecule has 0 aliphatic rings. The van der Waals surface area contributed by atoms with Gasteiger partial charge in [0.2, 0.25) is 0 Å². The first-order valence-electron chi connectivity index (χ1n) is 2.27. The third-order valence-corrected chi connectivity index (χ3v) is 0.0894. The van der Waals surface area contributed by atoms with Crippen LogP contribution in [-0.2, 0) is 14.4 Å². The second kappa shape index (κ2) is 36.0. The van der Waals surface area contributed by atoms with Crippen molar-refractivity contribution in [3.63, 3.8) is 0 Å². The average molecular weight is 825 g/mol. The van der Waals surface area contributed by atoms with E-state index in [9.17, 15) is 0 Å². The fourth-order valence-corrected chi connectivity index (χ4v) is 0. The maximum absolute atomic E-state index is 7.33. The molecule has 0 bridgehead atoms. The number of hydrogen-bond donors (Lipinski definition) is 1. The normalized spacial score (nSPS) is 5.62. The van der Waals surface area contributed by atoms with Crippen molar-refractivity contribution >= 4 is 99.9 Å². The van der Waals surface area contributed by atoms with E-state index in [1.165, 1.54) is 14.1 Å². The van der Waals surface area contributed by atoms with E-state index in [1.807, 2.05) is 0 Å². The molecule has 0 aromatic rings. The number of rotatable bonds is 0. The van der Waals surface area contributed by atoms with Crippen molar-refractivity contribution in [2.24, 2.45) is 10.8 Å². The molecule has 2 N–H and O–H groups in total. The van der Waals surface area contributed by atoms with Crippen molar-refractivity contribution < 1.29 is 14.4 Å². The Labute approximate surface area is 146 Å². The van der Waals surface area contributed by atoms with Gasteiger partial charge in [-0.3, -0.25) is 0 Å². The van der Waals surface area contributed by atoms with Gasteiger partial charge < -0.3 is 5.73 Å². The predicted molar refractivity (Wildman–Crippen MR) is 95.3 cm³/mol. The standard InChI is InChI=1S/CH3N3.CH5N.5HI.2V/c1-3-4-2;1-2;;;;;;;/h1H3;2H2,1H3;5*1H;;/q;;;;;;;+2;+3/p-5. The third kappa shape index (κ3) is 123. The Balaban J connectivity index is -0.0000000431. The molecular formula is C2H8I5N4V2. The van der Waals surface area contributed by atoms with Gasteiger partial charge in [0.05, 0.1) is 0 Å². The van der Waals surface area contributed by atoms with E-state index >= 15 is 0 Å². The zero-order valence-electron chi connectivity index (χ0n) is 6.70. The Hall–Kier alpha value is 4.09. The van der Waals surface area contributed by atoms with Crippen LogP contribution in [0.25, 0.3) is 10.4 Å². The molecule has 0 atom stereocenters. The summed E-state index contributed by atoms with van der Waals surface area (Å²) in [7, 11) is 3.52. The molecule has 0 rings (SSSR count). The van der Waals surface area contributed by atoms with Crippen LogP contribution in [0, 0.1) is 0 Å². The molecule has 0 aromatic carbocycles. The molecule has 4 nitrogen and oxygen atoms in total. The molecule has 81 valence electrons. The van der Waals surface area contributed by atoms with Crippen molar-refractivity contribution in [2.75, 3.05) is 14.1 Å². The van der Waals surface area contributed by atoms with E-state index < -0.39 is 0 Å². The first kappa shape index (κ1) is 25.8. The Morgan fingerprint density at radius 3 is 1.38 bits per heavy atom. The quantitative estimate of drug-likeness (QED) is 0.160. The molecule has 13 heavy (non-hydrogen) atoms. The van der Waals surface area contributed by atoms with Crippen LogP contribution >= 0.6 is 99.9 Å². The van der Waals surface area contributed by atoms with Crippen molar-refractivity contribution in [1.29, 1.82) is 0 Å². The number of nitrogens with two attached hydrogens (primary N) is 1. The molecule has 0 saturated heterocycles. The second-order valence-corrected chi connectivity index (χ2v) is 47.7. The SMILES string of the molecule is CN.CN=[N+]=[N-].[I][V]([I])[I].[I][V][I]. The van der Waals surface area contributed by atoms with Gasteiger partial charge in [-0.2, -0.15) is 0 Å². The molecule has 0 aromatic heterocycles. The summed E-state index contributed by atoms with van der Waals surface area (Å²) >= 11 is 12.1. The van der Waals surface area contributed by atoms with Crippen LogP contribution in [0.3, 0.4) is 0 Å². The van der Waals surface area contributed by atoms with Gasteiger partial charge in [0.1, 0.15) is 0 Å². The Bertz CT molecular complexity index is 95.8. The Morgan fingerprint density at radius 2 is 1.38 bits per heavy atom. The van der Waals surface area contributed by atoms with E-state index in [4.69, 9.17) is 5.53 Å². The van der Waals surface area contributed by atoms with Crippen LogP contribution in [0.2, 0.25) is 0 Å². The minimum absolute atomic E-state index is 0.278. The summed E-state index contributed by atoms with van der Waals surface area (Å²) in [6.07, 6.45) is 0. The first-order chi connectivity index (χ1) is 6.06. The van der Waals surface area contributed by atoms with E-state index in [0.717, 1.165) is 0 Å². The van der Waals surface area contributed by atoms with Crippen LogP contribution < -0.4 is 5.73 Å². The van der Waals surface area contributed by atoms with Crippen LogP contribution in [0.5, 0.6) is 0 Å². The number of azide groups is 1. The second-order valence-electron chi connectivity index (χ2n) is 0.545. The summed E-state index contributed by atoms with van der Waals surface area (Å²) in [5, 5.41) is 2.92. The van der Waals surface area contributed by atoms with Gasteiger partial charge >= 0.3 is 114 Å². The van der Waals surface area contributed by atoms with E-state index in [-0.39, 0.29) is 4.92 Å². The van der Waals surface area contributed by atoms with Crippen molar-refractivity contribution in [3.8, 4) is 0 Å². The average Bonchev–Trinajstić information content (AvgIpc) is 2.08. The summed E-state index contributed by atoms with van der Waals surface area (Å²) in [4.78, 5) is 2.08. The van der Waals surface area contributed by atoms with Crippen LogP contribution in [0.1, 0.15) is 0 Å². The Morgan fingerprint density at radius 1 is 1.31 bits per heavy atom. The molecule has 0 amide bonds. The topological polar surface area (TPSA) is 74.8 Å². The Kier molecular flexibility index (Phi) is 71.5. The molecule has 0 spiro atoms. The van der Waals surface area contributed by atoms with Crippen molar-refractivity contribution in [3.05, 3.63) is 10.4 Å². The molecule has 0 fully saturated rings. The van der Waals surface area contributed by atoms with E-state index in [2.05, 4.69) is 116 Å². The van der Waals surface area contributed by atoms with Gasteiger partial charge in [-0.25, -0.2) is 0 Å². The maximum atomic E-state index is 7.33. The monoisotopic (exact) mass is 824 g/mol. The van der Waals surface area contributed by atoms with Crippen LogP contribution in [-0.4, -0.2) is 14.1 Å². The fourth-order valence-electron chi connectivity index (χ4n) is 0. The molecular weight excluding hydrogens is 816 g/mol. The van der Waals surface area contributed by atoms with Gasteiger partial charge in [-0.1, -0.05) is 5.11 Å². The zero-order chi connectivity index (χ0) is 11.7. The molecule has 0 radical (unpaired) electrons. The van der Waals surface area contributed by atoms with Crippen molar-refractivity contribution in [2.45, 2.75) is 0 Å². The summed E-state index contributed by atoms with van der Waals surface area (Å²) in [6.45, 7) is 0. The van der Waals surface area contributed by atoms with Gasteiger partial charge in [0.25, 0.3) is 0 Å². The first-order valence-corrected chi connectivity index (χ1v) is 24.8. The van der Waals surface area contributed by atoms with Gasteiger partial charge in [-0.05, 0) is 12.6 Å². The molecule has 0 heterocycles. The molecule has 0 aliphatic carbocycles. The van der Waals surface area contributed by atoms with E-state index in [0.29, 0.717) is 9.47 Å². The van der Waals surface area contributed by atoms with Gasteiger partial charge in [0.15, 0.2) is 0 Å². The third-order valence-electron chi connectivity index (χ3n) is 0.0894. The van der Waals surface area contributed by atoms with Gasteiger partial charge in [-0.15, -0.1) is 0 Å². The van der Waals surface area contributed by atoms with Gasteiger partial charge in [0, 0.05) is 12.0 Å². The minimum atomic E-state index is -0.278. The fraction of sp³-hybridized carbons (Fsp3) is 1.00. The number of hydrogen-bond acceptors (Lipinski definition) is 2.